The van der Waals surface area contributed by atoms with Gasteiger partial charge in [0.2, 0.25) is 5.91 Å². The highest BCUT2D eigenvalue weighted by molar-refractivity contribution is 5.75. The maximum absolute atomic E-state index is 11.1. The molecule has 1 amide bonds. The summed E-state index contributed by atoms with van der Waals surface area (Å²) < 4.78 is 5.55. The van der Waals surface area contributed by atoms with Crippen LogP contribution in [0.2, 0.25) is 0 Å². The Morgan fingerprint density at radius 3 is 2.75 bits per heavy atom. The van der Waals surface area contributed by atoms with Gasteiger partial charge in [-0.2, -0.15) is 0 Å². The lowest BCUT2D eigenvalue weighted by molar-refractivity contribution is -0.119. The number of carbonyl (C=O) groups is 1. The zero-order chi connectivity index (χ0) is 15.0. The number of ether oxygens (including phenoxy) is 1. The second-order valence-electron chi connectivity index (χ2n) is 5.39. The van der Waals surface area contributed by atoms with Crippen molar-refractivity contribution >= 4 is 11.6 Å². The highest BCUT2D eigenvalue weighted by atomic mass is 16.5. The topological polar surface area (TPSA) is 81.6 Å². The van der Waals surface area contributed by atoms with Gasteiger partial charge in [-0.1, -0.05) is 26.0 Å². The fraction of sp³-hybridized carbons (Fsp3) is 0.533. The number of nitrogens with two attached hydrogens (primary N) is 2. The summed E-state index contributed by atoms with van der Waals surface area (Å²) in [6.45, 7) is 7.06. The summed E-state index contributed by atoms with van der Waals surface area (Å²) in [5.41, 5.74) is 12.8. The van der Waals surface area contributed by atoms with Crippen LogP contribution in [0.4, 0.5) is 5.69 Å². The molecule has 0 saturated carbocycles. The van der Waals surface area contributed by atoms with Gasteiger partial charge in [0.05, 0.1) is 13.2 Å². The van der Waals surface area contributed by atoms with Crippen molar-refractivity contribution in [3.05, 3.63) is 29.8 Å². The van der Waals surface area contributed by atoms with Gasteiger partial charge in [0.15, 0.2) is 0 Å². The molecule has 0 radical (unpaired) electrons. The van der Waals surface area contributed by atoms with E-state index in [0.29, 0.717) is 25.6 Å². The van der Waals surface area contributed by atoms with Crippen LogP contribution in [0.1, 0.15) is 19.4 Å². The average Bonchev–Trinajstić information content (AvgIpc) is 2.33. The van der Waals surface area contributed by atoms with Gasteiger partial charge >= 0.3 is 0 Å². The summed E-state index contributed by atoms with van der Waals surface area (Å²) in [6.07, 6.45) is 0. The Bertz CT molecular complexity index is 421. The van der Waals surface area contributed by atoms with E-state index in [2.05, 4.69) is 13.8 Å². The van der Waals surface area contributed by atoms with E-state index in [1.165, 1.54) is 0 Å². The highest BCUT2D eigenvalue weighted by Crippen LogP contribution is 2.09. The number of nitrogens with zero attached hydrogens (tertiary/aromatic N) is 1. The number of anilines is 1. The zero-order valence-corrected chi connectivity index (χ0v) is 12.3. The Hall–Kier alpha value is -1.59. The van der Waals surface area contributed by atoms with Gasteiger partial charge in [0.25, 0.3) is 0 Å². The molecule has 0 spiro atoms. The van der Waals surface area contributed by atoms with Gasteiger partial charge in [0, 0.05) is 25.4 Å². The minimum atomic E-state index is -0.335. The van der Waals surface area contributed by atoms with Crippen molar-refractivity contribution in [1.29, 1.82) is 0 Å². The van der Waals surface area contributed by atoms with Crippen LogP contribution in [0.15, 0.2) is 24.3 Å². The first kappa shape index (κ1) is 16.5. The summed E-state index contributed by atoms with van der Waals surface area (Å²) in [4.78, 5) is 13.1. The number of carbonyl (C=O) groups excluding carboxylic acids is 1. The first-order valence-electron chi connectivity index (χ1n) is 6.90. The van der Waals surface area contributed by atoms with E-state index in [0.717, 1.165) is 17.9 Å². The molecule has 5 nitrogen and oxygen atoms in total. The van der Waals surface area contributed by atoms with Crippen LogP contribution in [-0.2, 0) is 16.1 Å². The van der Waals surface area contributed by atoms with Gasteiger partial charge < -0.3 is 16.2 Å². The number of benzene rings is 1. The fourth-order valence-corrected chi connectivity index (χ4v) is 1.90. The van der Waals surface area contributed by atoms with Crippen LogP contribution in [0.25, 0.3) is 0 Å². The second kappa shape index (κ2) is 8.55. The molecule has 1 aromatic carbocycles. The normalized spacial score (nSPS) is 11.2. The number of primary amides is 1. The molecule has 0 atom stereocenters. The van der Waals surface area contributed by atoms with Crippen LogP contribution < -0.4 is 11.5 Å². The Labute approximate surface area is 120 Å². The lowest BCUT2D eigenvalue weighted by Gasteiger charge is -2.21. The van der Waals surface area contributed by atoms with Crippen LogP contribution in [0.3, 0.4) is 0 Å². The third kappa shape index (κ3) is 7.11. The maximum Gasteiger partial charge on any atom is 0.231 e. The average molecular weight is 279 g/mol. The quantitative estimate of drug-likeness (QED) is 0.526. The van der Waals surface area contributed by atoms with Gasteiger partial charge in [-0.3, -0.25) is 9.69 Å². The number of nitrogen functional groups attached to an aromatic ring is 1. The van der Waals surface area contributed by atoms with E-state index >= 15 is 0 Å². The summed E-state index contributed by atoms with van der Waals surface area (Å²) in [5, 5.41) is 0. The molecule has 0 unspecified atom stereocenters. The minimum absolute atomic E-state index is 0.222. The SMILES string of the molecule is CC(C)COCCN(CC(N)=O)Cc1cccc(N)c1. The molecule has 1 rings (SSSR count). The Morgan fingerprint density at radius 1 is 1.40 bits per heavy atom. The molecule has 112 valence electrons. The van der Waals surface area contributed by atoms with Crippen LogP contribution >= 0.6 is 0 Å². The number of hydrogen-bond donors (Lipinski definition) is 2. The minimum Gasteiger partial charge on any atom is -0.399 e. The lowest BCUT2D eigenvalue weighted by atomic mass is 10.2. The first-order valence-corrected chi connectivity index (χ1v) is 6.90. The molecule has 0 aromatic heterocycles. The predicted molar refractivity (Wildman–Crippen MR) is 81.0 cm³/mol. The largest absolute Gasteiger partial charge is 0.399 e. The van der Waals surface area contributed by atoms with Crippen molar-refractivity contribution in [2.24, 2.45) is 11.7 Å². The summed E-state index contributed by atoms with van der Waals surface area (Å²) in [5.74, 6) is 0.172. The molecule has 4 N–H and O–H groups in total. The maximum atomic E-state index is 11.1. The van der Waals surface area contributed by atoms with E-state index in [1.807, 2.05) is 29.2 Å². The van der Waals surface area contributed by atoms with E-state index in [-0.39, 0.29) is 12.5 Å². The molecule has 0 fully saturated rings. The second-order valence-corrected chi connectivity index (χ2v) is 5.39. The van der Waals surface area contributed by atoms with E-state index in [9.17, 15) is 4.79 Å². The smallest absolute Gasteiger partial charge is 0.231 e. The van der Waals surface area contributed by atoms with Crippen LogP contribution in [0.5, 0.6) is 0 Å². The lowest BCUT2D eigenvalue weighted by Crippen LogP contribution is -2.35. The van der Waals surface area contributed by atoms with Crippen LogP contribution in [-0.4, -0.2) is 37.1 Å². The Morgan fingerprint density at radius 2 is 2.15 bits per heavy atom. The number of amides is 1. The molecule has 20 heavy (non-hydrogen) atoms. The first-order chi connectivity index (χ1) is 9.47. The van der Waals surface area contributed by atoms with Crippen molar-refractivity contribution in [2.75, 3.05) is 32.0 Å². The molecule has 0 aliphatic heterocycles. The third-order valence-corrected chi connectivity index (χ3v) is 2.74. The number of hydrogen-bond acceptors (Lipinski definition) is 4. The van der Waals surface area contributed by atoms with Gasteiger partial charge in [-0.15, -0.1) is 0 Å². The molecule has 0 aliphatic carbocycles. The zero-order valence-electron chi connectivity index (χ0n) is 12.3. The van der Waals surface area contributed by atoms with Crippen molar-refractivity contribution in [3.8, 4) is 0 Å². The standard InChI is InChI=1S/C15H25N3O2/c1-12(2)11-20-7-6-18(10-15(17)19)9-13-4-3-5-14(16)8-13/h3-5,8,12H,6-7,9-11,16H2,1-2H3,(H2,17,19). The van der Waals surface area contributed by atoms with Crippen molar-refractivity contribution in [2.45, 2.75) is 20.4 Å². The van der Waals surface area contributed by atoms with Gasteiger partial charge in [0.1, 0.15) is 0 Å². The van der Waals surface area contributed by atoms with Crippen molar-refractivity contribution in [3.63, 3.8) is 0 Å². The molecule has 0 aliphatic rings. The Balaban J connectivity index is 2.49. The van der Waals surface area contributed by atoms with Crippen molar-refractivity contribution < 1.29 is 9.53 Å². The summed E-state index contributed by atoms with van der Waals surface area (Å²) in [7, 11) is 0. The summed E-state index contributed by atoms with van der Waals surface area (Å²) >= 11 is 0. The summed E-state index contributed by atoms with van der Waals surface area (Å²) in [6, 6.07) is 7.64. The fourth-order valence-electron chi connectivity index (χ4n) is 1.90. The number of rotatable bonds is 9. The molecule has 5 heteroatoms. The molecular weight excluding hydrogens is 254 g/mol. The molecular formula is C15H25N3O2. The monoisotopic (exact) mass is 279 g/mol. The molecule has 0 saturated heterocycles. The van der Waals surface area contributed by atoms with Crippen molar-refractivity contribution in [1.82, 2.24) is 4.90 Å². The van der Waals surface area contributed by atoms with E-state index < -0.39 is 0 Å². The van der Waals surface area contributed by atoms with Crippen LogP contribution in [0, 0.1) is 5.92 Å². The predicted octanol–water partition coefficient (Wildman–Crippen LogP) is 1.23. The van der Waals surface area contributed by atoms with E-state index in [1.54, 1.807) is 0 Å². The van der Waals surface area contributed by atoms with E-state index in [4.69, 9.17) is 16.2 Å². The Kier molecular flexibility index (Phi) is 7.04. The molecule has 1 aromatic rings. The highest BCUT2D eigenvalue weighted by Gasteiger charge is 2.09. The van der Waals surface area contributed by atoms with Gasteiger partial charge in [-0.05, 0) is 23.6 Å². The molecule has 0 heterocycles. The molecule has 0 bridgehead atoms. The third-order valence-electron chi connectivity index (χ3n) is 2.74. The van der Waals surface area contributed by atoms with Gasteiger partial charge in [-0.25, -0.2) is 0 Å².